The lowest BCUT2D eigenvalue weighted by molar-refractivity contribution is -0.384. The first-order chi connectivity index (χ1) is 14.6. The first-order valence-corrected chi connectivity index (χ1v) is 10.2. The minimum atomic E-state index is -0.495. The van der Waals surface area contributed by atoms with Crippen LogP contribution >= 0.6 is 0 Å². The number of likely N-dealkylation sites (tertiary alicyclic amines) is 1. The van der Waals surface area contributed by atoms with Crippen LogP contribution in [-0.2, 0) is 4.74 Å². The van der Waals surface area contributed by atoms with Crippen LogP contribution in [0.25, 0.3) is 0 Å². The van der Waals surface area contributed by atoms with Crippen LogP contribution in [0.5, 0.6) is 0 Å². The molecule has 0 spiro atoms. The van der Waals surface area contributed by atoms with Gasteiger partial charge in [0, 0.05) is 31.8 Å². The highest BCUT2D eigenvalue weighted by Gasteiger charge is 2.25. The number of piperidine rings is 1. The van der Waals surface area contributed by atoms with Crippen LogP contribution in [0.3, 0.4) is 0 Å². The molecular formula is C21H28N4O5. The number of methoxy groups -OCH3 is 1. The number of ether oxygens (including phenoxy) is 1. The standard InChI is InChI=1S/C21H28N4O5/c1-29-13-9-22-17-8-7-16(14-18(17)25(27)28)21(26)23-15-19(20-6-5-12-30-20)24-10-3-2-4-11-24/h5-8,12,14,19,22H,2-4,9-11,13,15H2,1H3,(H,23,26). The Hall–Kier alpha value is -2.91. The second-order valence-electron chi connectivity index (χ2n) is 7.25. The average molecular weight is 416 g/mol. The van der Waals surface area contributed by atoms with Gasteiger partial charge < -0.3 is 19.8 Å². The molecule has 2 N–H and O–H groups in total. The SMILES string of the molecule is COCCNc1ccc(C(=O)NCC(c2ccco2)N2CCCCC2)cc1[N+](=O)[O-]. The van der Waals surface area contributed by atoms with Gasteiger partial charge in [-0.05, 0) is 50.2 Å². The molecular weight excluding hydrogens is 388 g/mol. The number of anilines is 1. The Kier molecular flexibility index (Phi) is 7.81. The summed E-state index contributed by atoms with van der Waals surface area (Å²) in [6, 6.07) is 8.13. The molecule has 1 aliphatic rings. The number of hydrogen-bond acceptors (Lipinski definition) is 7. The van der Waals surface area contributed by atoms with E-state index in [4.69, 9.17) is 9.15 Å². The van der Waals surface area contributed by atoms with Gasteiger partial charge in [-0.15, -0.1) is 0 Å². The van der Waals surface area contributed by atoms with Gasteiger partial charge in [0.15, 0.2) is 0 Å². The molecule has 3 rings (SSSR count). The number of benzene rings is 1. The summed E-state index contributed by atoms with van der Waals surface area (Å²) in [6.45, 7) is 3.13. The Balaban J connectivity index is 1.69. The van der Waals surface area contributed by atoms with Crippen molar-refractivity contribution in [3.8, 4) is 0 Å². The van der Waals surface area contributed by atoms with E-state index in [-0.39, 0.29) is 23.2 Å². The van der Waals surface area contributed by atoms with Crippen molar-refractivity contribution in [2.75, 3.05) is 45.2 Å². The minimum Gasteiger partial charge on any atom is -0.468 e. The molecule has 1 saturated heterocycles. The quantitative estimate of drug-likeness (QED) is 0.348. The van der Waals surface area contributed by atoms with Gasteiger partial charge >= 0.3 is 0 Å². The number of hydrogen-bond donors (Lipinski definition) is 2. The van der Waals surface area contributed by atoms with E-state index in [1.54, 1.807) is 25.5 Å². The van der Waals surface area contributed by atoms with Crippen molar-refractivity contribution >= 4 is 17.3 Å². The lowest BCUT2D eigenvalue weighted by atomic mass is 10.1. The van der Waals surface area contributed by atoms with E-state index in [0.29, 0.717) is 25.4 Å². The average Bonchev–Trinajstić information content (AvgIpc) is 3.29. The fourth-order valence-electron chi connectivity index (χ4n) is 3.67. The van der Waals surface area contributed by atoms with E-state index in [0.717, 1.165) is 31.7 Å². The zero-order chi connectivity index (χ0) is 21.3. The highest BCUT2D eigenvalue weighted by atomic mass is 16.6. The van der Waals surface area contributed by atoms with Crippen LogP contribution < -0.4 is 10.6 Å². The highest BCUT2D eigenvalue weighted by molar-refractivity contribution is 5.95. The third kappa shape index (κ3) is 5.58. The van der Waals surface area contributed by atoms with Gasteiger partial charge in [0.1, 0.15) is 11.4 Å². The number of carbonyl (C=O) groups excluding carboxylic acids is 1. The molecule has 0 aliphatic carbocycles. The lowest BCUT2D eigenvalue weighted by Crippen LogP contribution is -2.40. The van der Waals surface area contributed by atoms with Gasteiger partial charge in [0.2, 0.25) is 0 Å². The van der Waals surface area contributed by atoms with E-state index in [2.05, 4.69) is 15.5 Å². The molecule has 1 unspecified atom stereocenters. The Morgan fingerprint density at radius 2 is 2.10 bits per heavy atom. The molecule has 2 aromatic rings. The predicted molar refractivity (Wildman–Crippen MR) is 113 cm³/mol. The summed E-state index contributed by atoms with van der Waals surface area (Å²) in [5.74, 6) is 0.455. The molecule has 30 heavy (non-hydrogen) atoms. The molecule has 162 valence electrons. The van der Waals surface area contributed by atoms with Crippen LogP contribution in [0.2, 0.25) is 0 Å². The Labute approximate surface area is 175 Å². The molecule has 1 atom stereocenters. The van der Waals surface area contributed by atoms with Gasteiger partial charge in [-0.1, -0.05) is 6.42 Å². The number of nitrogens with one attached hydrogen (secondary N) is 2. The molecule has 1 amide bonds. The van der Waals surface area contributed by atoms with Crippen molar-refractivity contribution in [3.05, 3.63) is 58.0 Å². The zero-order valence-electron chi connectivity index (χ0n) is 17.1. The lowest BCUT2D eigenvalue weighted by Gasteiger charge is -2.33. The summed E-state index contributed by atoms with van der Waals surface area (Å²) in [7, 11) is 1.56. The number of carbonyl (C=O) groups is 1. The molecule has 1 aromatic heterocycles. The van der Waals surface area contributed by atoms with Crippen molar-refractivity contribution in [2.24, 2.45) is 0 Å². The van der Waals surface area contributed by atoms with Crippen molar-refractivity contribution in [2.45, 2.75) is 25.3 Å². The zero-order valence-corrected chi connectivity index (χ0v) is 17.1. The second-order valence-corrected chi connectivity index (χ2v) is 7.25. The summed E-state index contributed by atoms with van der Waals surface area (Å²) in [5, 5.41) is 17.3. The summed E-state index contributed by atoms with van der Waals surface area (Å²) < 4.78 is 10.6. The number of nitrogens with zero attached hydrogens (tertiary/aromatic N) is 2. The molecule has 0 saturated carbocycles. The van der Waals surface area contributed by atoms with Crippen molar-refractivity contribution < 1.29 is 18.9 Å². The Morgan fingerprint density at radius 1 is 1.30 bits per heavy atom. The Bertz CT molecular complexity index is 834. The van der Waals surface area contributed by atoms with Gasteiger partial charge in [-0.3, -0.25) is 19.8 Å². The molecule has 0 bridgehead atoms. The van der Waals surface area contributed by atoms with E-state index >= 15 is 0 Å². The predicted octanol–water partition coefficient (Wildman–Crippen LogP) is 3.20. The maximum absolute atomic E-state index is 12.7. The largest absolute Gasteiger partial charge is 0.468 e. The van der Waals surface area contributed by atoms with Crippen LogP contribution in [0, 0.1) is 10.1 Å². The van der Waals surface area contributed by atoms with Crippen molar-refractivity contribution in [1.29, 1.82) is 0 Å². The van der Waals surface area contributed by atoms with Gasteiger partial charge in [0.25, 0.3) is 11.6 Å². The van der Waals surface area contributed by atoms with Gasteiger partial charge in [-0.2, -0.15) is 0 Å². The number of amides is 1. The molecule has 0 radical (unpaired) electrons. The molecule has 1 aliphatic heterocycles. The number of nitro groups is 1. The minimum absolute atomic E-state index is 0.0609. The van der Waals surface area contributed by atoms with Crippen molar-refractivity contribution in [3.63, 3.8) is 0 Å². The normalized spacial score (nSPS) is 15.5. The maximum atomic E-state index is 12.7. The molecule has 2 heterocycles. The topological polar surface area (TPSA) is 110 Å². The first kappa shape index (κ1) is 21.8. The maximum Gasteiger partial charge on any atom is 0.293 e. The first-order valence-electron chi connectivity index (χ1n) is 10.2. The van der Waals surface area contributed by atoms with E-state index in [1.807, 2.05) is 12.1 Å². The fraction of sp³-hybridized carbons (Fsp3) is 0.476. The second kappa shape index (κ2) is 10.7. The fourth-order valence-corrected chi connectivity index (χ4v) is 3.67. The number of rotatable bonds is 10. The van der Waals surface area contributed by atoms with Crippen molar-refractivity contribution in [1.82, 2.24) is 10.2 Å². The highest BCUT2D eigenvalue weighted by Crippen LogP contribution is 2.27. The molecule has 9 nitrogen and oxygen atoms in total. The number of nitro benzene ring substituents is 1. The smallest absolute Gasteiger partial charge is 0.293 e. The van der Waals surface area contributed by atoms with E-state index in [1.165, 1.54) is 12.5 Å². The number of furan rings is 1. The van der Waals surface area contributed by atoms with Crippen LogP contribution in [-0.4, -0.2) is 55.6 Å². The van der Waals surface area contributed by atoms with Gasteiger partial charge in [0.05, 0.1) is 23.8 Å². The third-order valence-electron chi connectivity index (χ3n) is 5.24. The summed E-state index contributed by atoms with van der Waals surface area (Å²) >= 11 is 0. The van der Waals surface area contributed by atoms with Gasteiger partial charge in [-0.25, -0.2) is 0 Å². The van der Waals surface area contributed by atoms with Crippen LogP contribution in [0.15, 0.2) is 41.0 Å². The van der Waals surface area contributed by atoms with Crippen LogP contribution in [0.4, 0.5) is 11.4 Å². The Morgan fingerprint density at radius 3 is 2.77 bits per heavy atom. The summed E-state index contributed by atoms with van der Waals surface area (Å²) in [5.41, 5.74) is 0.462. The monoisotopic (exact) mass is 416 g/mol. The molecule has 1 aromatic carbocycles. The van der Waals surface area contributed by atoms with E-state index in [9.17, 15) is 14.9 Å². The molecule has 9 heteroatoms. The molecule has 1 fully saturated rings. The van der Waals surface area contributed by atoms with Crippen LogP contribution in [0.1, 0.15) is 41.4 Å². The summed E-state index contributed by atoms with van der Waals surface area (Å²) in [4.78, 5) is 26.0. The van der Waals surface area contributed by atoms with E-state index < -0.39 is 4.92 Å². The summed E-state index contributed by atoms with van der Waals surface area (Å²) in [6.07, 6.45) is 5.08. The third-order valence-corrected chi connectivity index (χ3v) is 5.24.